The van der Waals surface area contributed by atoms with Gasteiger partial charge in [-0.3, -0.25) is 24.0 Å². The monoisotopic (exact) mass is 531 g/mol. The normalized spacial score (nSPS) is 14.1. The molecule has 0 unspecified atom stereocenters. The lowest BCUT2D eigenvalue weighted by molar-refractivity contribution is -0.142. The predicted molar refractivity (Wildman–Crippen MR) is 132 cm³/mol. The second kappa shape index (κ2) is 18.0. The van der Waals surface area contributed by atoms with E-state index in [1.165, 1.54) is 0 Å². The average molecular weight is 532 g/mol. The number of carboxylic acids is 1. The lowest BCUT2D eigenvalue weighted by atomic mass is 10.0. The van der Waals surface area contributed by atoms with Crippen LogP contribution in [0.1, 0.15) is 52.4 Å². The van der Waals surface area contributed by atoms with Gasteiger partial charge < -0.3 is 48.7 Å². The van der Waals surface area contributed by atoms with Crippen molar-refractivity contribution in [1.82, 2.24) is 21.3 Å². The van der Waals surface area contributed by atoms with Crippen molar-refractivity contribution in [3.05, 3.63) is 0 Å². The summed E-state index contributed by atoms with van der Waals surface area (Å²) in [5.74, 6) is -5.28. The smallest absolute Gasteiger partial charge is 0.326 e. The van der Waals surface area contributed by atoms with Crippen LogP contribution in [-0.4, -0.2) is 89.6 Å². The number of primary amides is 1. The highest BCUT2D eigenvalue weighted by Crippen LogP contribution is 2.08. The standard InChI is InChI=1S/C22H41N7O8/c1-12(2)9-15(29-21(35)16(11-30)26-18(32)10-24)20(34)27-13(6-7-17(25)31)19(33)28-14(22(36)37)5-3-4-8-23/h12-16,30H,3-11,23-24H2,1-2H3,(H2,25,31)(H,26,32)(H,27,34)(H,28,33)(H,29,35)(H,36,37)/t13-,14-,15-,16-/m0/s1. The van der Waals surface area contributed by atoms with Gasteiger partial charge in [0.15, 0.2) is 0 Å². The number of carbonyl (C=O) groups is 6. The Morgan fingerprint density at radius 1 is 0.757 bits per heavy atom. The van der Waals surface area contributed by atoms with Gasteiger partial charge >= 0.3 is 5.97 Å². The van der Waals surface area contributed by atoms with E-state index in [0.717, 1.165) is 0 Å². The fourth-order valence-corrected chi connectivity index (χ4v) is 3.27. The van der Waals surface area contributed by atoms with Crippen molar-refractivity contribution in [2.75, 3.05) is 19.7 Å². The van der Waals surface area contributed by atoms with Crippen LogP contribution in [0.4, 0.5) is 0 Å². The van der Waals surface area contributed by atoms with Gasteiger partial charge in [0, 0.05) is 6.42 Å². The van der Waals surface area contributed by atoms with Crippen LogP contribution in [0.3, 0.4) is 0 Å². The Labute approximate surface area is 215 Å². The number of nitrogens with one attached hydrogen (secondary N) is 4. The molecule has 0 aliphatic rings. The third kappa shape index (κ3) is 14.1. The molecule has 15 nitrogen and oxygen atoms in total. The second-order valence-corrected chi connectivity index (χ2v) is 8.95. The van der Waals surface area contributed by atoms with Gasteiger partial charge in [-0.05, 0) is 44.6 Å². The third-order valence-electron chi connectivity index (χ3n) is 5.23. The maximum atomic E-state index is 13.1. The van der Waals surface area contributed by atoms with E-state index >= 15 is 0 Å². The Morgan fingerprint density at radius 2 is 1.30 bits per heavy atom. The van der Waals surface area contributed by atoms with Gasteiger partial charge in [-0.15, -0.1) is 0 Å². The van der Waals surface area contributed by atoms with E-state index in [2.05, 4.69) is 21.3 Å². The number of aliphatic hydroxyl groups excluding tert-OH is 1. The zero-order valence-electron chi connectivity index (χ0n) is 21.3. The van der Waals surface area contributed by atoms with Crippen LogP contribution in [0.2, 0.25) is 0 Å². The summed E-state index contributed by atoms with van der Waals surface area (Å²) in [6.45, 7) is 2.75. The molecule has 0 spiro atoms. The minimum atomic E-state index is -1.36. The number of aliphatic carboxylic acids is 1. The number of hydrogen-bond donors (Lipinski definition) is 9. The molecule has 4 atom stereocenters. The number of carbonyl (C=O) groups excluding carboxylic acids is 5. The van der Waals surface area contributed by atoms with Crippen LogP contribution in [0.25, 0.3) is 0 Å². The molecule has 0 rings (SSSR count). The summed E-state index contributed by atoms with van der Waals surface area (Å²) in [6.07, 6.45) is 0.748. The first kappa shape index (κ1) is 33.7. The number of hydrogen-bond acceptors (Lipinski definition) is 9. The Bertz CT molecular complexity index is 793. The van der Waals surface area contributed by atoms with Crippen LogP contribution in [0, 0.1) is 5.92 Å². The van der Waals surface area contributed by atoms with E-state index in [0.29, 0.717) is 19.4 Å². The Kier molecular flexibility index (Phi) is 16.4. The summed E-state index contributed by atoms with van der Waals surface area (Å²) in [5, 5.41) is 28.3. The number of aliphatic hydroxyl groups is 1. The summed E-state index contributed by atoms with van der Waals surface area (Å²) in [5.41, 5.74) is 15.8. The SMILES string of the molecule is CC(C)C[C@H](NC(=O)[C@H](CO)NC(=O)CN)C(=O)N[C@@H](CCC(N)=O)C(=O)N[C@@H](CCCCN)C(=O)O. The average Bonchev–Trinajstić information content (AvgIpc) is 2.82. The predicted octanol–water partition coefficient (Wildman–Crippen LogP) is -3.60. The molecule has 0 radical (unpaired) electrons. The largest absolute Gasteiger partial charge is 0.480 e. The van der Waals surface area contributed by atoms with E-state index in [-0.39, 0.29) is 31.6 Å². The molecule has 37 heavy (non-hydrogen) atoms. The molecule has 0 saturated heterocycles. The topological polar surface area (TPSA) is 269 Å². The molecule has 0 aliphatic carbocycles. The lowest BCUT2D eigenvalue weighted by Gasteiger charge is -2.26. The van der Waals surface area contributed by atoms with E-state index in [4.69, 9.17) is 17.2 Å². The van der Waals surface area contributed by atoms with Gasteiger partial charge in [0.05, 0.1) is 13.2 Å². The van der Waals surface area contributed by atoms with E-state index < -0.39 is 72.8 Å². The zero-order valence-corrected chi connectivity index (χ0v) is 21.3. The zero-order chi connectivity index (χ0) is 28.5. The lowest BCUT2D eigenvalue weighted by Crippen LogP contribution is -2.58. The maximum Gasteiger partial charge on any atom is 0.326 e. The molecule has 12 N–H and O–H groups in total. The van der Waals surface area contributed by atoms with E-state index in [9.17, 15) is 39.0 Å². The molecular weight excluding hydrogens is 490 g/mol. The van der Waals surface area contributed by atoms with Gasteiger partial charge in [0.1, 0.15) is 24.2 Å². The van der Waals surface area contributed by atoms with Crippen molar-refractivity contribution >= 4 is 35.5 Å². The van der Waals surface area contributed by atoms with E-state index in [1.807, 2.05) is 0 Å². The van der Waals surface area contributed by atoms with Crippen LogP contribution < -0.4 is 38.5 Å². The van der Waals surface area contributed by atoms with Crippen LogP contribution >= 0.6 is 0 Å². The number of rotatable bonds is 19. The van der Waals surface area contributed by atoms with Crippen molar-refractivity contribution in [3.8, 4) is 0 Å². The first-order valence-electron chi connectivity index (χ1n) is 12.1. The van der Waals surface area contributed by atoms with Crippen LogP contribution in [0.5, 0.6) is 0 Å². The fourth-order valence-electron chi connectivity index (χ4n) is 3.27. The van der Waals surface area contributed by atoms with Gasteiger partial charge in [-0.25, -0.2) is 4.79 Å². The number of amides is 5. The van der Waals surface area contributed by atoms with Crippen molar-refractivity contribution in [2.24, 2.45) is 23.1 Å². The quantitative estimate of drug-likeness (QED) is 0.0739. The second-order valence-electron chi connectivity index (χ2n) is 8.95. The molecule has 0 saturated carbocycles. The minimum absolute atomic E-state index is 0.0981. The van der Waals surface area contributed by atoms with Gasteiger partial charge in [0.25, 0.3) is 0 Å². The molecule has 0 heterocycles. The Hall–Kier alpha value is -3.30. The van der Waals surface area contributed by atoms with E-state index in [1.54, 1.807) is 13.8 Å². The summed E-state index contributed by atoms with van der Waals surface area (Å²) in [7, 11) is 0. The summed E-state index contributed by atoms with van der Waals surface area (Å²) >= 11 is 0. The van der Waals surface area contributed by atoms with Crippen LogP contribution in [0.15, 0.2) is 0 Å². The van der Waals surface area contributed by atoms with Crippen molar-refractivity contribution < 1.29 is 39.0 Å². The van der Waals surface area contributed by atoms with Gasteiger partial charge in [0.2, 0.25) is 29.5 Å². The molecule has 0 aliphatic heterocycles. The molecule has 212 valence electrons. The molecule has 0 fully saturated rings. The molecule has 15 heteroatoms. The molecule has 0 aromatic rings. The number of carboxylic acid groups (broad SMARTS) is 1. The van der Waals surface area contributed by atoms with Crippen molar-refractivity contribution in [2.45, 2.75) is 76.5 Å². The highest BCUT2D eigenvalue weighted by molar-refractivity contribution is 5.95. The Morgan fingerprint density at radius 3 is 1.78 bits per heavy atom. The third-order valence-corrected chi connectivity index (χ3v) is 5.23. The first-order chi connectivity index (χ1) is 17.4. The first-order valence-corrected chi connectivity index (χ1v) is 12.1. The molecular formula is C22H41N7O8. The summed E-state index contributed by atoms with van der Waals surface area (Å²) < 4.78 is 0. The highest BCUT2D eigenvalue weighted by atomic mass is 16.4. The number of unbranched alkanes of at least 4 members (excludes halogenated alkanes) is 1. The highest BCUT2D eigenvalue weighted by Gasteiger charge is 2.31. The van der Waals surface area contributed by atoms with Crippen molar-refractivity contribution in [3.63, 3.8) is 0 Å². The molecule has 0 aromatic heterocycles. The molecule has 0 bridgehead atoms. The summed E-state index contributed by atoms with van der Waals surface area (Å²) in [4.78, 5) is 72.9. The number of nitrogens with two attached hydrogens (primary N) is 3. The summed E-state index contributed by atoms with van der Waals surface area (Å²) in [6, 6.07) is -5.11. The minimum Gasteiger partial charge on any atom is -0.480 e. The molecule has 0 aromatic carbocycles. The Balaban J connectivity index is 5.64. The van der Waals surface area contributed by atoms with Gasteiger partial charge in [-0.1, -0.05) is 13.8 Å². The van der Waals surface area contributed by atoms with Gasteiger partial charge in [-0.2, -0.15) is 0 Å². The van der Waals surface area contributed by atoms with Crippen LogP contribution in [-0.2, 0) is 28.8 Å². The maximum absolute atomic E-state index is 13.1. The fraction of sp³-hybridized carbons (Fsp3) is 0.727. The van der Waals surface area contributed by atoms with Crippen molar-refractivity contribution in [1.29, 1.82) is 0 Å². The molecule has 5 amide bonds.